The smallest absolute Gasteiger partial charge is 0.104 e. The number of nitrogens with two attached hydrogens (primary N) is 1. The standard InChI is InChI=1S/C9H15NO/c1-7(3-5-10)9-4-6-11-8(9)2/h4,6-7H,3,5,10H2,1-2H3. The first-order valence-corrected chi connectivity index (χ1v) is 3.99. The van der Waals surface area contributed by atoms with E-state index >= 15 is 0 Å². The summed E-state index contributed by atoms with van der Waals surface area (Å²) in [6.45, 7) is 4.90. The fourth-order valence-electron chi connectivity index (χ4n) is 1.31. The Morgan fingerprint density at radius 3 is 2.82 bits per heavy atom. The zero-order chi connectivity index (χ0) is 8.27. The highest BCUT2D eigenvalue weighted by atomic mass is 16.3. The van der Waals surface area contributed by atoms with Crippen LogP contribution in [-0.2, 0) is 0 Å². The third-order valence-corrected chi connectivity index (χ3v) is 2.03. The van der Waals surface area contributed by atoms with Crippen molar-refractivity contribution in [2.45, 2.75) is 26.2 Å². The SMILES string of the molecule is Cc1occc1C(C)CCN. The molecule has 0 spiro atoms. The molecular formula is C9H15NO. The Labute approximate surface area is 67.4 Å². The fraction of sp³-hybridized carbons (Fsp3) is 0.556. The van der Waals surface area contributed by atoms with Crippen LogP contribution >= 0.6 is 0 Å². The van der Waals surface area contributed by atoms with Gasteiger partial charge >= 0.3 is 0 Å². The number of rotatable bonds is 3. The van der Waals surface area contributed by atoms with Crippen LogP contribution in [0.5, 0.6) is 0 Å². The molecule has 0 aliphatic carbocycles. The van der Waals surface area contributed by atoms with Crippen molar-refractivity contribution in [2.24, 2.45) is 5.73 Å². The minimum Gasteiger partial charge on any atom is -0.469 e. The quantitative estimate of drug-likeness (QED) is 0.721. The van der Waals surface area contributed by atoms with E-state index in [9.17, 15) is 0 Å². The molecule has 1 rings (SSSR count). The molecule has 0 saturated heterocycles. The summed E-state index contributed by atoms with van der Waals surface area (Å²) in [6, 6.07) is 2.02. The summed E-state index contributed by atoms with van der Waals surface area (Å²) in [5, 5.41) is 0. The summed E-state index contributed by atoms with van der Waals surface area (Å²) in [5.74, 6) is 1.55. The first kappa shape index (κ1) is 8.34. The minimum atomic E-state index is 0.527. The van der Waals surface area contributed by atoms with Gasteiger partial charge in [-0.3, -0.25) is 0 Å². The molecule has 2 nitrogen and oxygen atoms in total. The maximum absolute atomic E-state index is 5.45. The van der Waals surface area contributed by atoms with Crippen LogP contribution in [0.25, 0.3) is 0 Å². The predicted octanol–water partition coefficient (Wildman–Crippen LogP) is 2.04. The van der Waals surface area contributed by atoms with Crippen molar-refractivity contribution in [2.75, 3.05) is 6.54 Å². The molecular weight excluding hydrogens is 138 g/mol. The Kier molecular flexibility index (Phi) is 2.71. The van der Waals surface area contributed by atoms with Crippen LogP contribution in [0.2, 0.25) is 0 Å². The van der Waals surface area contributed by atoms with Crippen LogP contribution in [-0.4, -0.2) is 6.54 Å². The van der Waals surface area contributed by atoms with Crippen LogP contribution in [0.1, 0.15) is 30.6 Å². The molecule has 0 saturated carbocycles. The van der Waals surface area contributed by atoms with E-state index in [1.807, 2.05) is 13.0 Å². The van der Waals surface area contributed by atoms with Gasteiger partial charge in [0, 0.05) is 0 Å². The summed E-state index contributed by atoms with van der Waals surface area (Å²) >= 11 is 0. The van der Waals surface area contributed by atoms with Gasteiger partial charge in [0.25, 0.3) is 0 Å². The Balaban J connectivity index is 2.67. The van der Waals surface area contributed by atoms with Crippen molar-refractivity contribution >= 4 is 0 Å². The van der Waals surface area contributed by atoms with Gasteiger partial charge in [0.1, 0.15) is 5.76 Å². The second kappa shape index (κ2) is 3.58. The molecule has 0 aromatic carbocycles. The first-order chi connectivity index (χ1) is 5.25. The lowest BCUT2D eigenvalue weighted by atomic mass is 9.99. The topological polar surface area (TPSA) is 39.2 Å². The van der Waals surface area contributed by atoms with Gasteiger partial charge < -0.3 is 10.2 Å². The molecule has 1 atom stereocenters. The Morgan fingerprint density at radius 2 is 2.36 bits per heavy atom. The monoisotopic (exact) mass is 153 g/mol. The zero-order valence-electron chi connectivity index (χ0n) is 7.13. The number of hydrogen-bond donors (Lipinski definition) is 1. The van der Waals surface area contributed by atoms with Crippen molar-refractivity contribution in [3.8, 4) is 0 Å². The van der Waals surface area contributed by atoms with E-state index in [0.29, 0.717) is 5.92 Å². The predicted molar refractivity (Wildman–Crippen MR) is 45.5 cm³/mol. The lowest BCUT2D eigenvalue weighted by Crippen LogP contribution is -2.04. The van der Waals surface area contributed by atoms with Crippen LogP contribution in [0.15, 0.2) is 16.7 Å². The second-order valence-electron chi connectivity index (χ2n) is 2.91. The molecule has 2 N–H and O–H groups in total. The summed E-state index contributed by atoms with van der Waals surface area (Å²) in [4.78, 5) is 0. The molecule has 11 heavy (non-hydrogen) atoms. The highest BCUT2D eigenvalue weighted by Gasteiger charge is 2.08. The maximum Gasteiger partial charge on any atom is 0.104 e. The van der Waals surface area contributed by atoms with Gasteiger partial charge in [-0.2, -0.15) is 0 Å². The molecule has 2 heteroatoms. The average molecular weight is 153 g/mol. The van der Waals surface area contributed by atoms with E-state index in [4.69, 9.17) is 10.2 Å². The van der Waals surface area contributed by atoms with Gasteiger partial charge in [-0.05, 0) is 37.4 Å². The number of furan rings is 1. The molecule has 0 aliphatic rings. The molecule has 0 bridgehead atoms. The van der Waals surface area contributed by atoms with E-state index in [0.717, 1.165) is 18.7 Å². The van der Waals surface area contributed by atoms with Crippen LogP contribution in [0, 0.1) is 6.92 Å². The zero-order valence-corrected chi connectivity index (χ0v) is 7.13. The molecule has 1 heterocycles. The van der Waals surface area contributed by atoms with Gasteiger partial charge in [0.2, 0.25) is 0 Å². The average Bonchev–Trinajstić information content (AvgIpc) is 2.36. The summed E-state index contributed by atoms with van der Waals surface area (Å²) < 4.78 is 5.19. The number of hydrogen-bond acceptors (Lipinski definition) is 2. The molecule has 0 aliphatic heterocycles. The van der Waals surface area contributed by atoms with Crippen molar-refractivity contribution in [3.05, 3.63) is 23.7 Å². The molecule has 1 unspecified atom stereocenters. The van der Waals surface area contributed by atoms with Gasteiger partial charge in [-0.1, -0.05) is 6.92 Å². The van der Waals surface area contributed by atoms with E-state index < -0.39 is 0 Å². The van der Waals surface area contributed by atoms with Crippen LogP contribution in [0.3, 0.4) is 0 Å². The lowest BCUT2D eigenvalue weighted by Gasteiger charge is -2.07. The van der Waals surface area contributed by atoms with E-state index in [1.165, 1.54) is 5.56 Å². The maximum atomic E-state index is 5.45. The van der Waals surface area contributed by atoms with Gasteiger partial charge in [0.05, 0.1) is 6.26 Å². The Morgan fingerprint density at radius 1 is 1.64 bits per heavy atom. The van der Waals surface area contributed by atoms with E-state index in [2.05, 4.69) is 6.92 Å². The molecule has 0 amide bonds. The van der Waals surface area contributed by atoms with Gasteiger partial charge in [0.15, 0.2) is 0 Å². The Bertz CT molecular complexity index is 217. The molecule has 1 aromatic heterocycles. The third-order valence-electron chi connectivity index (χ3n) is 2.03. The van der Waals surface area contributed by atoms with E-state index in [-0.39, 0.29) is 0 Å². The summed E-state index contributed by atoms with van der Waals surface area (Å²) in [6.07, 6.45) is 2.76. The van der Waals surface area contributed by atoms with Crippen LogP contribution < -0.4 is 5.73 Å². The minimum absolute atomic E-state index is 0.527. The van der Waals surface area contributed by atoms with Crippen molar-refractivity contribution in [1.29, 1.82) is 0 Å². The lowest BCUT2D eigenvalue weighted by molar-refractivity contribution is 0.523. The molecule has 1 aromatic rings. The highest BCUT2D eigenvalue weighted by molar-refractivity contribution is 5.19. The fourth-order valence-corrected chi connectivity index (χ4v) is 1.31. The van der Waals surface area contributed by atoms with E-state index in [1.54, 1.807) is 6.26 Å². The second-order valence-corrected chi connectivity index (χ2v) is 2.91. The Hall–Kier alpha value is -0.760. The summed E-state index contributed by atoms with van der Waals surface area (Å²) in [5.41, 5.74) is 6.74. The van der Waals surface area contributed by atoms with Gasteiger partial charge in [-0.15, -0.1) is 0 Å². The normalized spacial score (nSPS) is 13.4. The van der Waals surface area contributed by atoms with Crippen molar-refractivity contribution < 1.29 is 4.42 Å². The van der Waals surface area contributed by atoms with Crippen molar-refractivity contribution in [1.82, 2.24) is 0 Å². The first-order valence-electron chi connectivity index (χ1n) is 3.99. The van der Waals surface area contributed by atoms with Gasteiger partial charge in [-0.25, -0.2) is 0 Å². The molecule has 0 fully saturated rings. The molecule has 0 radical (unpaired) electrons. The largest absolute Gasteiger partial charge is 0.469 e. The van der Waals surface area contributed by atoms with Crippen molar-refractivity contribution in [3.63, 3.8) is 0 Å². The highest BCUT2D eigenvalue weighted by Crippen LogP contribution is 2.22. The molecule has 62 valence electrons. The third kappa shape index (κ3) is 1.84. The summed E-state index contributed by atoms with van der Waals surface area (Å²) in [7, 11) is 0. The number of aryl methyl sites for hydroxylation is 1. The van der Waals surface area contributed by atoms with Crippen LogP contribution in [0.4, 0.5) is 0 Å².